The molecule has 1 saturated heterocycles. The van der Waals surface area contributed by atoms with Gasteiger partial charge in [0, 0.05) is 0 Å². The Labute approximate surface area is 93.5 Å². The van der Waals surface area contributed by atoms with Gasteiger partial charge in [-0.2, -0.15) is 0 Å². The van der Waals surface area contributed by atoms with Gasteiger partial charge in [-0.05, 0) is 5.56 Å². The minimum Gasteiger partial charge on any atom is -0.394 e. The summed E-state index contributed by atoms with van der Waals surface area (Å²) in [7, 11) is 0. The van der Waals surface area contributed by atoms with Crippen molar-refractivity contribution >= 4 is 11.7 Å². The van der Waals surface area contributed by atoms with Gasteiger partial charge in [0.25, 0.3) is 0 Å². The summed E-state index contributed by atoms with van der Waals surface area (Å²) in [6.07, 6.45) is -0.0384. The zero-order chi connectivity index (χ0) is 11.5. The summed E-state index contributed by atoms with van der Waals surface area (Å²) < 4.78 is 0. The summed E-state index contributed by atoms with van der Waals surface area (Å²) in [4.78, 5) is 24.2. The largest absolute Gasteiger partial charge is 0.394 e. The molecule has 2 rings (SSSR count). The Morgan fingerprint density at radius 1 is 1.25 bits per heavy atom. The SMILES string of the molecule is O=C1CC(=O)N(C(CO)c2ccccc2)C1. The van der Waals surface area contributed by atoms with Gasteiger partial charge in [-0.25, -0.2) is 0 Å². The lowest BCUT2D eigenvalue weighted by molar-refractivity contribution is -0.130. The number of ketones is 1. The fraction of sp³-hybridized carbons (Fsp3) is 0.333. The summed E-state index contributed by atoms with van der Waals surface area (Å²) in [5.41, 5.74) is 0.855. The zero-order valence-electron chi connectivity index (χ0n) is 8.80. The molecule has 1 aliphatic heterocycles. The molecule has 0 spiro atoms. The molecule has 0 bridgehead atoms. The Hall–Kier alpha value is -1.68. The van der Waals surface area contributed by atoms with E-state index in [1.807, 2.05) is 30.3 Å². The molecule has 1 aromatic carbocycles. The molecule has 1 unspecified atom stereocenters. The second kappa shape index (κ2) is 4.45. The maximum Gasteiger partial charge on any atom is 0.231 e. The minimum absolute atomic E-state index is 0.0384. The van der Waals surface area contributed by atoms with E-state index in [1.165, 1.54) is 4.90 Å². The van der Waals surface area contributed by atoms with Crippen LogP contribution in [-0.2, 0) is 9.59 Å². The monoisotopic (exact) mass is 219 g/mol. The lowest BCUT2D eigenvalue weighted by Crippen LogP contribution is -2.32. The van der Waals surface area contributed by atoms with E-state index in [0.29, 0.717) is 0 Å². The third-order valence-corrected chi connectivity index (χ3v) is 2.75. The number of hydrogen-bond acceptors (Lipinski definition) is 3. The van der Waals surface area contributed by atoms with Gasteiger partial charge in [-0.3, -0.25) is 9.59 Å². The van der Waals surface area contributed by atoms with E-state index in [2.05, 4.69) is 0 Å². The van der Waals surface area contributed by atoms with Crippen molar-refractivity contribution in [2.75, 3.05) is 13.2 Å². The van der Waals surface area contributed by atoms with Crippen LogP contribution in [0.3, 0.4) is 0 Å². The number of aliphatic hydroxyl groups excluding tert-OH is 1. The lowest BCUT2D eigenvalue weighted by Gasteiger charge is -2.25. The summed E-state index contributed by atoms with van der Waals surface area (Å²) in [5, 5.41) is 9.34. The van der Waals surface area contributed by atoms with E-state index < -0.39 is 6.04 Å². The molecule has 0 radical (unpaired) electrons. The Morgan fingerprint density at radius 2 is 1.94 bits per heavy atom. The van der Waals surface area contributed by atoms with Crippen LogP contribution >= 0.6 is 0 Å². The van der Waals surface area contributed by atoms with Crippen molar-refractivity contribution < 1.29 is 14.7 Å². The molecule has 4 nitrogen and oxygen atoms in total. The Kier molecular flexibility index (Phi) is 3.01. The number of likely N-dealkylation sites (tertiary alicyclic amines) is 1. The van der Waals surface area contributed by atoms with Crippen molar-refractivity contribution in [3.63, 3.8) is 0 Å². The fourth-order valence-corrected chi connectivity index (χ4v) is 1.95. The van der Waals surface area contributed by atoms with Crippen molar-refractivity contribution in [3.05, 3.63) is 35.9 Å². The van der Waals surface area contributed by atoms with Gasteiger partial charge in [-0.15, -0.1) is 0 Å². The number of rotatable bonds is 3. The first kappa shape index (κ1) is 10.8. The smallest absolute Gasteiger partial charge is 0.231 e. The molecule has 1 aliphatic rings. The minimum atomic E-state index is -0.403. The molecule has 1 aromatic rings. The Bertz CT molecular complexity index is 402. The van der Waals surface area contributed by atoms with Crippen LogP contribution in [-0.4, -0.2) is 34.8 Å². The van der Waals surface area contributed by atoms with Crippen LogP contribution in [0.2, 0.25) is 0 Å². The van der Waals surface area contributed by atoms with Gasteiger partial charge in [0.1, 0.15) is 0 Å². The molecule has 0 aliphatic carbocycles. The number of carbonyl (C=O) groups is 2. The zero-order valence-corrected chi connectivity index (χ0v) is 8.80. The van der Waals surface area contributed by atoms with Crippen molar-refractivity contribution in [3.8, 4) is 0 Å². The number of Topliss-reactive ketones (excluding diaryl/α,β-unsaturated/α-hetero) is 1. The molecular formula is C12H13NO3. The summed E-state index contributed by atoms with van der Waals surface area (Å²) in [6.45, 7) is -0.0536. The molecule has 84 valence electrons. The van der Waals surface area contributed by atoms with E-state index in [9.17, 15) is 14.7 Å². The molecule has 1 heterocycles. The highest BCUT2D eigenvalue weighted by atomic mass is 16.3. The molecule has 1 fully saturated rings. The first-order valence-corrected chi connectivity index (χ1v) is 5.19. The van der Waals surface area contributed by atoms with Crippen LogP contribution in [0.4, 0.5) is 0 Å². The summed E-state index contributed by atoms with van der Waals surface area (Å²) in [5.74, 6) is -0.285. The van der Waals surface area contributed by atoms with Gasteiger partial charge in [-0.1, -0.05) is 30.3 Å². The first-order valence-electron chi connectivity index (χ1n) is 5.19. The number of nitrogens with zero attached hydrogens (tertiary/aromatic N) is 1. The number of hydrogen-bond donors (Lipinski definition) is 1. The standard InChI is InChI=1S/C12H13NO3/c14-8-11(9-4-2-1-3-5-9)13-7-10(15)6-12(13)16/h1-5,11,14H,6-8H2. The molecule has 1 amide bonds. The molecule has 0 saturated carbocycles. The van der Waals surface area contributed by atoms with E-state index in [1.54, 1.807) is 0 Å². The van der Waals surface area contributed by atoms with Crippen LogP contribution in [0, 0.1) is 0 Å². The first-order chi connectivity index (χ1) is 7.72. The Morgan fingerprint density at radius 3 is 2.44 bits per heavy atom. The van der Waals surface area contributed by atoms with Gasteiger partial charge >= 0.3 is 0 Å². The maximum atomic E-state index is 11.6. The molecule has 4 heteroatoms. The topological polar surface area (TPSA) is 57.6 Å². The van der Waals surface area contributed by atoms with Crippen LogP contribution < -0.4 is 0 Å². The van der Waals surface area contributed by atoms with Crippen molar-refractivity contribution in [1.29, 1.82) is 0 Å². The predicted molar refractivity (Wildman–Crippen MR) is 57.6 cm³/mol. The molecule has 0 aromatic heterocycles. The number of amides is 1. The molecule has 16 heavy (non-hydrogen) atoms. The highest BCUT2D eigenvalue weighted by Gasteiger charge is 2.33. The summed E-state index contributed by atoms with van der Waals surface area (Å²) >= 11 is 0. The van der Waals surface area contributed by atoms with Crippen LogP contribution in [0.15, 0.2) is 30.3 Å². The quantitative estimate of drug-likeness (QED) is 0.754. The van der Waals surface area contributed by atoms with Gasteiger partial charge in [0.15, 0.2) is 5.78 Å². The third-order valence-electron chi connectivity index (χ3n) is 2.75. The third kappa shape index (κ3) is 1.97. The van der Waals surface area contributed by atoms with Gasteiger partial charge < -0.3 is 10.0 Å². The Balaban J connectivity index is 2.24. The number of aliphatic hydroxyl groups is 1. The average molecular weight is 219 g/mol. The predicted octanol–water partition coefficient (Wildman–Crippen LogP) is 0.521. The highest BCUT2D eigenvalue weighted by molar-refractivity contribution is 6.05. The van der Waals surface area contributed by atoms with E-state index >= 15 is 0 Å². The van der Waals surface area contributed by atoms with E-state index in [-0.39, 0.29) is 31.3 Å². The molecule has 1 N–H and O–H groups in total. The maximum absolute atomic E-state index is 11.6. The molecule has 1 atom stereocenters. The average Bonchev–Trinajstić information content (AvgIpc) is 2.61. The van der Waals surface area contributed by atoms with Crippen molar-refractivity contribution in [2.45, 2.75) is 12.5 Å². The van der Waals surface area contributed by atoms with Crippen molar-refractivity contribution in [1.82, 2.24) is 4.90 Å². The second-order valence-electron chi connectivity index (χ2n) is 3.85. The fourth-order valence-electron chi connectivity index (χ4n) is 1.95. The summed E-state index contributed by atoms with van der Waals surface area (Å²) in [6, 6.07) is 8.85. The van der Waals surface area contributed by atoms with E-state index in [4.69, 9.17) is 0 Å². The van der Waals surface area contributed by atoms with Gasteiger partial charge in [0.05, 0.1) is 25.6 Å². The number of benzene rings is 1. The highest BCUT2D eigenvalue weighted by Crippen LogP contribution is 2.23. The van der Waals surface area contributed by atoms with Crippen LogP contribution in [0.5, 0.6) is 0 Å². The normalized spacial score (nSPS) is 17.9. The van der Waals surface area contributed by atoms with Crippen LogP contribution in [0.1, 0.15) is 18.0 Å². The van der Waals surface area contributed by atoms with Crippen molar-refractivity contribution in [2.24, 2.45) is 0 Å². The van der Waals surface area contributed by atoms with E-state index in [0.717, 1.165) is 5.56 Å². The number of carbonyl (C=O) groups excluding carboxylic acids is 2. The second-order valence-corrected chi connectivity index (χ2v) is 3.85. The van der Waals surface area contributed by atoms with Gasteiger partial charge in [0.2, 0.25) is 5.91 Å². The lowest BCUT2D eigenvalue weighted by atomic mass is 10.1. The molecular weight excluding hydrogens is 206 g/mol. The van der Waals surface area contributed by atoms with Crippen LogP contribution in [0.25, 0.3) is 0 Å².